The molecule has 0 aliphatic rings. The molecular formula is C7H14O4Zn. The molecular weight excluding hydrogens is 213 g/mol. The van der Waals surface area contributed by atoms with Gasteiger partial charge in [0.05, 0.1) is 25.7 Å². The second kappa shape index (κ2) is 9.10. The van der Waals surface area contributed by atoms with Crippen LogP contribution in [0, 0.1) is 0 Å². The zero-order chi connectivity index (χ0) is 8.69. The Labute approximate surface area is 85.0 Å². The van der Waals surface area contributed by atoms with E-state index < -0.39 is 5.97 Å². The molecule has 1 unspecified atom stereocenters. The van der Waals surface area contributed by atoms with Crippen molar-refractivity contribution < 1.29 is 38.9 Å². The summed E-state index contributed by atoms with van der Waals surface area (Å²) in [7, 11) is 1.58. The smallest absolute Gasteiger partial charge is 0.305 e. The van der Waals surface area contributed by atoms with Gasteiger partial charge in [0.1, 0.15) is 0 Å². The number of carboxylic acids is 1. The summed E-state index contributed by atoms with van der Waals surface area (Å²) in [4.78, 5) is 10.0. The van der Waals surface area contributed by atoms with Crippen LogP contribution in [-0.4, -0.2) is 37.5 Å². The van der Waals surface area contributed by atoms with E-state index >= 15 is 0 Å². The number of ether oxygens (including phenoxy) is 2. The van der Waals surface area contributed by atoms with Crippen LogP contribution in [0.3, 0.4) is 0 Å². The summed E-state index contributed by atoms with van der Waals surface area (Å²) in [6, 6.07) is 0. The molecule has 0 aliphatic heterocycles. The van der Waals surface area contributed by atoms with Gasteiger partial charge in [0.2, 0.25) is 0 Å². The maximum atomic E-state index is 10.0. The van der Waals surface area contributed by atoms with Crippen molar-refractivity contribution in [3.63, 3.8) is 0 Å². The van der Waals surface area contributed by atoms with Crippen LogP contribution < -0.4 is 0 Å². The van der Waals surface area contributed by atoms with Gasteiger partial charge < -0.3 is 14.6 Å². The van der Waals surface area contributed by atoms with E-state index in [4.69, 9.17) is 14.6 Å². The van der Waals surface area contributed by atoms with Gasteiger partial charge in [-0.15, -0.1) is 0 Å². The Balaban J connectivity index is 0. The normalized spacial score (nSPS) is 11.8. The Morgan fingerprint density at radius 3 is 2.58 bits per heavy atom. The Morgan fingerprint density at radius 2 is 2.17 bits per heavy atom. The molecule has 0 fully saturated rings. The van der Waals surface area contributed by atoms with Crippen molar-refractivity contribution in [2.45, 2.75) is 19.4 Å². The summed E-state index contributed by atoms with van der Waals surface area (Å²) in [5.74, 6) is -0.838. The molecule has 0 aromatic heterocycles. The van der Waals surface area contributed by atoms with E-state index in [1.54, 1.807) is 7.11 Å². The molecule has 0 bridgehead atoms. The number of rotatable bonds is 6. The molecule has 12 heavy (non-hydrogen) atoms. The molecule has 0 spiro atoms. The van der Waals surface area contributed by atoms with Gasteiger partial charge in [-0.2, -0.15) is 0 Å². The Hall–Kier alpha value is 0.0134. The van der Waals surface area contributed by atoms with Crippen molar-refractivity contribution in [3.05, 3.63) is 0 Å². The molecule has 1 N–H and O–H groups in total. The van der Waals surface area contributed by atoms with Gasteiger partial charge in [0, 0.05) is 26.6 Å². The molecule has 1 atom stereocenters. The Bertz CT molecular complexity index is 118. The number of carbonyl (C=O) groups is 1. The fraction of sp³-hybridized carbons (Fsp3) is 0.857. The average molecular weight is 228 g/mol. The molecule has 0 saturated carbocycles. The summed E-state index contributed by atoms with van der Waals surface area (Å²) in [6.07, 6.45) is 0.0213. The summed E-state index contributed by atoms with van der Waals surface area (Å²) in [6.45, 7) is 2.59. The molecule has 0 aromatic rings. The van der Waals surface area contributed by atoms with E-state index in [0.717, 1.165) is 0 Å². The van der Waals surface area contributed by atoms with Crippen molar-refractivity contribution in [3.8, 4) is 0 Å². The van der Waals surface area contributed by atoms with Crippen LogP contribution in [0.2, 0.25) is 0 Å². The van der Waals surface area contributed by atoms with Crippen LogP contribution in [0.4, 0.5) is 0 Å². The van der Waals surface area contributed by atoms with Crippen LogP contribution >= 0.6 is 0 Å². The second-order valence-corrected chi connectivity index (χ2v) is 2.28. The maximum Gasteiger partial charge on any atom is 0.305 e. The maximum absolute atomic E-state index is 10.0. The van der Waals surface area contributed by atoms with E-state index in [-0.39, 0.29) is 38.6 Å². The minimum absolute atomic E-state index is 0. The molecule has 0 radical (unpaired) electrons. The van der Waals surface area contributed by atoms with Crippen LogP contribution in [0.15, 0.2) is 0 Å². The van der Waals surface area contributed by atoms with Gasteiger partial charge in [-0.05, 0) is 6.92 Å². The summed E-state index contributed by atoms with van der Waals surface area (Å²) < 4.78 is 9.88. The van der Waals surface area contributed by atoms with E-state index in [1.807, 2.05) is 6.92 Å². The molecule has 68 valence electrons. The van der Waals surface area contributed by atoms with Gasteiger partial charge in [-0.25, -0.2) is 0 Å². The number of methoxy groups -OCH3 is 1. The first-order valence-corrected chi connectivity index (χ1v) is 3.49. The predicted molar refractivity (Wildman–Crippen MR) is 39.5 cm³/mol. The number of hydrogen-bond acceptors (Lipinski definition) is 3. The van der Waals surface area contributed by atoms with E-state index in [1.165, 1.54) is 0 Å². The Morgan fingerprint density at radius 1 is 1.58 bits per heavy atom. The molecule has 4 nitrogen and oxygen atoms in total. The zero-order valence-electron chi connectivity index (χ0n) is 7.58. The Kier molecular flexibility index (Phi) is 11.0. The molecule has 0 rings (SSSR count). The van der Waals surface area contributed by atoms with Gasteiger partial charge in [-0.1, -0.05) is 0 Å². The number of aliphatic carboxylic acids is 1. The first-order valence-electron chi connectivity index (χ1n) is 3.49. The number of carboxylic acid groups (broad SMARTS) is 1. The van der Waals surface area contributed by atoms with Crippen molar-refractivity contribution in [1.29, 1.82) is 0 Å². The van der Waals surface area contributed by atoms with Gasteiger partial charge >= 0.3 is 5.97 Å². The third-order valence-electron chi connectivity index (χ3n) is 1.12. The van der Waals surface area contributed by atoms with E-state index in [0.29, 0.717) is 6.61 Å². The minimum Gasteiger partial charge on any atom is -0.481 e. The minimum atomic E-state index is -0.838. The third kappa shape index (κ3) is 10.0. The van der Waals surface area contributed by atoms with Crippen molar-refractivity contribution in [1.82, 2.24) is 0 Å². The fourth-order valence-corrected chi connectivity index (χ4v) is 0.630. The topological polar surface area (TPSA) is 55.8 Å². The van der Waals surface area contributed by atoms with Crippen LogP contribution in [0.1, 0.15) is 13.3 Å². The fourth-order valence-electron chi connectivity index (χ4n) is 0.630. The van der Waals surface area contributed by atoms with Crippen LogP contribution in [0.5, 0.6) is 0 Å². The van der Waals surface area contributed by atoms with E-state index in [9.17, 15) is 4.79 Å². The predicted octanol–water partition coefficient (Wildman–Crippen LogP) is 0.510. The number of hydrogen-bond donors (Lipinski definition) is 1. The van der Waals surface area contributed by atoms with Gasteiger partial charge in [0.15, 0.2) is 0 Å². The molecule has 0 saturated heterocycles. The van der Waals surface area contributed by atoms with Gasteiger partial charge in [-0.3, -0.25) is 4.79 Å². The molecule has 0 amide bonds. The SMILES string of the molecule is COCC(C)OCCC(=O)O.[Zn]. The standard InChI is InChI=1S/C7H14O4.Zn/c1-6(5-10-2)11-4-3-7(8)9;/h6H,3-5H2,1-2H3,(H,8,9);. The second-order valence-electron chi connectivity index (χ2n) is 2.28. The monoisotopic (exact) mass is 226 g/mol. The van der Waals surface area contributed by atoms with Crippen molar-refractivity contribution in [2.75, 3.05) is 20.3 Å². The third-order valence-corrected chi connectivity index (χ3v) is 1.12. The quantitative estimate of drug-likeness (QED) is 0.672. The largest absolute Gasteiger partial charge is 0.481 e. The molecule has 5 heteroatoms. The summed E-state index contributed by atoms with van der Waals surface area (Å²) >= 11 is 0. The van der Waals surface area contributed by atoms with Crippen molar-refractivity contribution >= 4 is 5.97 Å². The molecule has 0 aromatic carbocycles. The van der Waals surface area contributed by atoms with Crippen LogP contribution in [0.25, 0.3) is 0 Å². The summed E-state index contributed by atoms with van der Waals surface area (Å²) in [5.41, 5.74) is 0. The van der Waals surface area contributed by atoms with Gasteiger partial charge in [0.25, 0.3) is 0 Å². The first kappa shape index (κ1) is 14.5. The first-order chi connectivity index (χ1) is 5.16. The van der Waals surface area contributed by atoms with Crippen molar-refractivity contribution in [2.24, 2.45) is 0 Å². The van der Waals surface area contributed by atoms with E-state index in [2.05, 4.69) is 0 Å². The van der Waals surface area contributed by atoms with Crippen LogP contribution in [-0.2, 0) is 33.7 Å². The molecule has 0 heterocycles. The zero-order valence-corrected chi connectivity index (χ0v) is 10.5. The average Bonchev–Trinajstić information content (AvgIpc) is 1.87. The molecule has 0 aliphatic carbocycles. The summed E-state index contributed by atoms with van der Waals surface area (Å²) in [5, 5.41) is 8.25.